The number of anilines is 1. The number of nitrogens with zero attached hydrogens (tertiary/aromatic N) is 1. The molecule has 1 amide bonds. The standard InChI is InChI=1S/C26H22FNO4/c1-15-6-4-7-17(12-15)23-22(24(29)18-10-11-21(27)16(2)13-18)25(30)26(31)28(23)19-8-5-9-20(14-19)32-3/h4-14,23,29H,1-3H3/b24-22+. The van der Waals surface area contributed by atoms with Gasteiger partial charge in [-0.05, 0) is 55.3 Å². The average Bonchev–Trinajstić information content (AvgIpc) is 3.06. The summed E-state index contributed by atoms with van der Waals surface area (Å²) in [7, 11) is 1.52. The summed E-state index contributed by atoms with van der Waals surface area (Å²) in [4.78, 5) is 27.7. The highest BCUT2D eigenvalue weighted by atomic mass is 19.1. The second-order valence-electron chi connectivity index (χ2n) is 7.75. The topological polar surface area (TPSA) is 66.8 Å². The van der Waals surface area contributed by atoms with Crippen molar-refractivity contribution in [2.45, 2.75) is 19.9 Å². The third-order valence-electron chi connectivity index (χ3n) is 5.57. The number of Topliss-reactive ketones (excluding diaryl/α,β-unsaturated/α-hetero) is 1. The van der Waals surface area contributed by atoms with Gasteiger partial charge < -0.3 is 9.84 Å². The number of benzene rings is 3. The Balaban J connectivity index is 1.96. The van der Waals surface area contributed by atoms with E-state index in [9.17, 15) is 19.1 Å². The number of halogens is 1. The summed E-state index contributed by atoms with van der Waals surface area (Å²) in [6, 6.07) is 17.5. The fourth-order valence-electron chi connectivity index (χ4n) is 3.96. The minimum atomic E-state index is -0.854. The number of ether oxygens (including phenoxy) is 1. The van der Waals surface area contributed by atoms with Gasteiger partial charge in [0.15, 0.2) is 0 Å². The lowest BCUT2D eigenvalue weighted by atomic mass is 9.94. The summed E-state index contributed by atoms with van der Waals surface area (Å²) < 4.78 is 19.1. The number of hydrogen-bond donors (Lipinski definition) is 1. The summed E-state index contributed by atoms with van der Waals surface area (Å²) in [5.41, 5.74) is 2.62. The Morgan fingerprint density at radius 2 is 1.75 bits per heavy atom. The minimum Gasteiger partial charge on any atom is -0.507 e. The summed E-state index contributed by atoms with van der Waals surface area (Å²) in [5, 5.41) is 11.1. The van der Waals surface area contributed by atoms with Crippen LogP contribution in [-0.2, 0) is 9.59 Å². The Morgan fingerprint density at radius 3 is 2.44 bits per heavy atom. The maximum Gasteiger partial charge on any atom is 0.300 e. The van der Waals surface area contributed by atoms with Crippen LogP contribution >= 0.6 is 0 Å². The summed E-state index contributed by atoms with van der Waals surface area (Å²) in [5.74, 6) is -1.80. The Kier molecular flexibility index (Phi) is 5.53. The molecule has 1 unspecified atom stereocenters. The molecular weight excluding hydrogens is 409 g/mol. The van der Waals surface area contributed by atoms with Crippen LogP contribution in [0.1, 0.15) is 28.3 Å². The van der Waals surface area contributed by atoms with Gasteiger partial charge in [-0.2, -0.15) is 0 Å². The number of amides is 1. The van der Waals surface area contributed by atoms with Crippen molar-refractivity contribution in [1.82, 2.24) is 0 Å². The number of aliphatic hydroxyl groups excluding tert-OH is 1. The Hall–Kier alpha value is -3.93. The van der Waals surface area contributed by atoms with Crippen LogP contribution in [-0.4, -0.2) is 23.9 Å². The first kappa shape index (κ1) is 21.3. The lowest BCUT2D eigenvalue weighted by Gasteiger charge is -2.26. The van der Waals surface area contributed by atoms with Crippen LogP contribution in [0, 0.1) is 19.7 Å². The molecule has 0 spiro atoms. The first-order valence-electron chi connectivity index (χ1n) is 10.1. The molecule has 4 rings (SSSR count). The van der Waals surface area contributed by atoms with E-state index in [-0.39, 0.29) is 16.9 Å². The molecule has 0 aromatic heterocycles. The van der Waals surface area contributed by atoms with Crippen LogP contribution in [0.3, 0.4) is 0 Å². The lowest BCUT2D eigenvalue weighted by Crippen LogP contribution is -2.29. The highest BCUT2D eigenvalue weighted by Gasteiger charge is 2.47. The van der Waals surface area contributed by atoms with Crippen LogP contribution in [0.15, 0.2) is 72.3 Å². The molecule has 1 aliphatic rings. The van der Waals surface area contributed by atoms with Gasteiger partial charge in [0.2, 0.25) is 0 Å². The van der Waals surface area contributed by atoms with Gasteiger partial charge in [0, 0.05) is 17.3 Å². The van der Waals surface area contributed by atoms with Gasteiger partial charge in [0.25, 0.3) is 11.7 Å². The molecule has 162 valence electrons. The SMILES string of the molecule is COc1cccc(N2C(=O)C(=O)/C(=C(/O)c3ccc(F)c(C)c3)C2c2cccc(C)c2)c1. The molecule has 1 atom stereocenters. The largest absolute Gasteiger partial charge is 0.507 e. The van der Waals surface area contributed by atoms with Gasteiger partial charge in [-0.3, -0.25) is 14.5 Å². The normalized spacial score (nSPS) is 17.6. The van der Waals surface area contributed by atoms with Crippen molar-refractivity contribution in [3.8, 4) is 5.75 Å². The maximum absolute atomic E-state index is 13.8. The van der Waals surface area contributed by atoms with E-state index in [0.29, 0.717) is 22.6 Å². The van der Waals surface area contributed by atoms with Crippen LogP contribution in [0.2, 0.25) is 0 Å². The van der Waals surface area contributed by atoms with Gasteiger partial charge in [0.1, 0.15) is 17.3 Å². The smallest absolute Gasteiger partial charge is 0.300 e. The highest BCUT2D eigenvalue weighted by molar-refractivity contribution is 6.51. The second-order valence-corrected chi connectivity index (χ2v) is 7.75. The molecule has 0 saturated carbocycles. The first-order valence-corrected chi connectivity index (χ1v) is 10.1. The first-order chi connectivity index (χ1) is 15.3. The molecule has 6 heteroatoms. The molecule has 0 radical (unpaired) electrons. The van der Waals surface area contributed by atoms with E-state index in [0.717, 1.165) is 5.56 Å². The van der Waals surface area contributed by atoms with Crippen molar-refractivity contribution in [2.24, 2.45) is 0 Å². The number of methoxy groups -OCH3 is 1. The zero-order chi connectivity index (χ0) is 23.0. The van der Waals surface area contributed by atoms with Gasteiger partial charge in [0.05, 0.1) is 18.7 Å². The van der Waals surface area contributed by atoms with Crippen LogP contribution in [0.4, 0.5) is 10.1 Å². The molecular formula is C26H22FNO4. The van der Waals surface area contributed by atoms with Crippen molar-refractivity contribution < 1.29 is 23.8 Å². The number of carbonyl (C=O) groups excluding carboxylic acids is 2. The number of ketones is 1. The molecule has 5 nitrogen and oxygen atoms in total. The lowest BCUT2D eigenvalue weighted by molar-refractivity contribution is -0.132. The molecule has 32 heavy (non-hydrogen) atoms. The Morgan fingerprint density at radius 1 is 1.00 bits per heavy atom. The van der Waals surface area contributed by atoms with E-state index in [1.165, 1.54) is 30.2 Å². The van der Waals surface area contributed by atoms with E-state index >= 15 is 0 Å². The van der Waals surface area contributed by atoms with E-state index < -0.39 is 23.5 Å². The number of aliphatic hydroxyl groups is 1. The van der Waals surface area contributed by atoms with Gasteiger partial charge in [-0.15, -0.1) is 0 Å². The highest BCUT2D eigenvalue weighted by Crippen LogP contribution is 2.43. The zero-order valence-corrected chi connectivity index (χ0v) is 17.9. The van der Waals surface area contributed by atoms with E-state index in [1.807, 2.05) is 25.1 Å². The third kappa shape index (κ3) is 3.64. The molecule has 1 heterocycles. The molecule has 1 saturated heterocycles. The third-order valence-corrected chi connectivity index (χ3v) is 5.57. The minimum absolute atomic E-state index is 0.0468. The summed E-state index contributed by atoms with van der Waals surface area (Å²) in [6.45, 7) is 3.48. The van der Waals surface area contributed by atoms with Crippen LogP contribution in [0.5, 0.6) is 5.75 Å². The molecule has 0 bridgehead atoms. The van der Waals surface area contributed by atoms with Crippen molar-refractivity contribution in [3.05, 3.63) is 100 Å². The van der Waals surface area contributed by atoms with Crippen molar-refractivity contribution >= 4 is 23.1 Å². The quantitative estimate of drug-likeness (QED) is 0.356. The summed E-state index contributed by atoms with van der Waals surface area (Å²) >= 11 is 0. The van der Waals surface area contributed by atoms with Crippen molar-refractivity contribution in [1.29, 1.82) is 0 Å². The number of carbonyl (C=O) groups is 2. The zero-order valence-electron chi connectivity index (χ0n) is 17.9. The molecule has 1 aliphatic heterocycles. The molecule has 3 aromatic rings. The van der Waals surface area contributed by atoms with Gasteiger partial charge >= 0.3 is 0 Å². The second kappa shape index (κ2) is 8.30. The summed E-state index contributed by atoms with van der Waals surface area (Å²) in [6.07, 6.45) is 0. The molecule has 1 fully saturated rings. The fraction of sp³-hybridized carbons (Fsp3) is 0.154. The Labute approximate surface area is 185 Å². The van der Waals surface area contributed by atoms with Crippen LogP contribution in [0.25, 0.3) is 5.76 Å². The molecule has 1 N–H and O–H groups in total. The molecule has 0 aliphatic carbocycles. The number of rotatable bonds is 4. The predicted molar refractivity (Wildman–Crippen MR) is 120 cm³/mol. The maximum atomic E-state index is 13.8. The van der Waals surface area contributed by atoms with Crippen LogP contribution < -0.4 is 9.64 Å². The number of aryl methyl sites for hydroxylation is 2. The van der Waals surface area contributed by atoms with Gasteiger partial charge in [-0.1, -0.05) is 35.9 Å². The average molecular weight is 431 g/mol. The predicted octanol–water partition coefficient (Wildman–Crippen LogP) is 5.08. The fourth-order valence-corrected chi connectivity index (χ4v) is 3.96. The monoisotopic (exact) mass is 431 g/mol. The van der Waals surface area contributed by atoms with E-state index in [1.54, 1.807) is 37.3 Å². The van der Waals surface area contributed by atoms with Crippen molar-refractivity contribution in [3.63, 3.8) is 0 Å². The molecule has 3 aromatic carbocycles. The van der Waals surface area contributed by atoms with E-state index in [2.05, 4.69) is 0 Å². The Bertz CT molecular complexity index is 1260. The number of hydrogen-bond acceptors (Lipinski definition) is 4. The van der Waals surface area contributed by atoms with Gasteiger partial charge in [-0.25, -0.2) is 4.39 Å². The van der Waals surface area contributed by atoms with Crippen molar-refractivity contribution in [2.75, 3.05) is 12.0 Å². The van der Waals surface area contributed by atoms with E-state index in [4.69, 9.17) is 4.74 Å².